The lowest BCUT2D eigenvalue weighted by Crippen LogP contribution is -2.26. The van der Waals surface area contributed by atoms with E-state index >= 15 is 0 Å². The third-order valence-electron chi connectivity index (χ3n) is 6.11. The van der Waals surface area contributed by atoms with Crippen LogP contribution in [0.15, 0.2) is 47.3 Å². The smallest absolute Gasteiger partial charge is 0.267 e. The van der Waals surface area contributed by atoms with E-state index < -0.39 is 0 Å². The molecule has 1 aliphatic rings. The first-order valence-corrected chi connectivity index (χ1v) is 11.3. The number of ether oxygens (including phenoxy) is 2. The second kappa shape index (κ2) is 10.3. The highest BCUT2D eigenvalue weighted by atomic mass is 16.5. The summed E-state index contributed by atoms with van der Waals surface area (Å²) in [6, 6.07) is 13.2. The monoisotopic (exact) mass is 447 g/mol. The van der Waals surface area contributed by atoms with Crippen LogP contribution < -0.4 is 20.3 Å². The van der Waals surface area contributed by atoms with Gasteiger partial charge in [-0.1, -0.05) is 12.1 Å². The molecule has 0 fully saturated rings. The van der Waals surface area contributed by atoms with E-state index in [0.29, 0.717) is 24.9 Å². The van der Waals surface area contributed by atoms with Gasteiger partial charge in [0.25, 0.3) is 11.5 Å². The molecule has 172 valence electrons. The molecule has 1 aromatic heterocycles. The molecule has 0 spiro atoms. The van der Waals surface area contributed by atoms with Crippen LogP contribution in [0.1, 0.15) is 51.1 Å². The Morgan fingerprint density at radius 3 is 2.67 bits per heavy atom. The highest BCUT2D eigenvalue weighted by Gasteiger charge is 2.18. The molecule has 3 aromatic rings. The Kier molecular flexibility index (Phi) is 7.07. The average Bonchev–Trinajstić information content (AvgIpc) is 2.86. The third kappa shape index (κ3) is 5.25. The van der Waals surface area contributed by atoms with Crippen molar-refractivity contribution in [3.8, 4) is 11.5 Å². The van der Waals surface area contributed by atoms with E-state index in [9.17, 15) is 9.59 Å². The molecule has 1 amide bonds. The normalized spacial score (nSPS) is 12.7. The number of hydrogen-bond donors (Lipinski definition) is 2. The van der Waals surface area contributed by atoms with E-state index in [1.54, 1.807) is 20.3 Å². The molecule has 7 heteroatoms. The Balaban J connectivity index is 1.42. The van der Waals surface area contributed by atoms with Crippen molar-refractivity contribution in [1.29, 1.82) is 0 Å². The number of aromatic amines is 1. The molecule has 1 aliphatic carbocycles. The van der Waals surface area contributed by atoms with E-state index in [2.05, 4.69) is 15.5 Å². The zero-order valence-corrected chi connectivity index (χ0v) is 19.1. The lowest BCUT2D eigenvalue weighted by Gasteiger charge is -2.17. The molecule has 2 aromatic carbocycles. The van der Waals surface area contributed by atoms with Crippen molar-refractivity contribution in [3.05, 3.63) is 86.3 Å². The highest BCUT2D eigenvalue weighted by molar-refractivity contribution is 5.94. The molecule has 1 heterocycles. The first-order chi connectivity index (χ1) is 16.1. The molecule has 33 heavy (non-hydrogen) atoms. The van der Waals surface area contributed by atoms with Crippen LogP contribution in [0, 0.1) is 0 Å². The van der Waals surface area contributed by atoms with Crippen LogP contribution in [-0.4, -0.2) is 36.9 Å². The van der Waals surface area contributed by atoms with Gasteiger partial charge in [0.15, 0.2) is 0 Å². The van der Waals surface area contributed by atoms with Gasteiger partial charge >= 0.3 is 0 Å². The number of aromatic nitrogens is 2. The van der Waals surface area contributed by atoms with Crippen LogP contribution in [0.3, 0.4) is 0 Å². The Labute approximate surface area is 193 Å². The second-order valence-electron chi connectivity index (χ2n) is 8.22. The van der Waals surface area contributed by atoms with E-state index in [-0.39, 0.29) is 11.5 Å². The van der Waals surface area contributed by atoms with Crippen molar-refractivity contribution >= 4 is 5.91 Å². The lowest BCUT2D eigenvalue weighted by atomic mass is 9.90. The SMILES string of the molecule is COc1ccc(OC)c(CCNC(=O)c2cccc(Cc3n[nH]c(=O)c4c3CCCC4)c2)c1. The summed E-state index contributed by atoms with van der Waals surface area (Å²) in [5.41, 5.74) is 5.33. The largest absolute Gasteiger partial charge is 0.497 e. The molecule has 0 aliphatic heterocycles. The summed E-state index contributed by atoms with van der Waals surface area (Å²) in [6.07, 6.45) is 5.01. The van der Waals surface area contributed by atoms with E-state index in [4.69, 9.17) is 9.47 Å². The summed E-state index contributed by atoms with van der Waals surface area (Å²) in [5.74, 6) is 1.39. The Morgan fingerprint density at radius 1 is 1.06 bits per heavy atom. The van der Waals surface area contributed by atoms with Crippen molar-refractivity contribution in [1.82, 2.24) is 15.5 Å². The predicted octanol–water partition coefficient (Wildman–Crippen LogP) is 3.23. The van der Waals surface area contributed by atoms with Crippen molar-refractivity contribution in [2.75, 3.05) is 20.8 Å². The van der Waals surface area contributed by atoms with Crippen molar-refractivity contribution in [2.24, 2.45) is 0 Å². The number of fused-ring (bicyclic) bond motifs is 1. The fourth-order valence-electron chi connectivity index (χ4n) is 4.38. The molecule has 4 rings (SSSR count). The summed E-state index contributed by atoms with van der Waals surface area (Å²) in [5, 5.41) is 9.94. The van der Waals surface area contributed by atoms with Gasteiger partial charge in [0.05, 0.1) is 19.9 Å². The van der Waals surface area contributed by atoms with Gasteiger partial charge in [0.1, 0.15) is 11.5 Å². The quantitative estimate of drug-likeness (QED) is 0.553. The molecule has 0 unspecified atom stereocenters. The molecule has 0 bridgehead atoms. The maximum absolute atomic E-state index is 12.8. The van der Waals surface area contributed by atoms with Crippen LogP contribution >= 0.6 is 0 Å². The van der Waals surface area contributed by atoms with Crippen molar-refractivity contribution in [2.45, 2.75) is 38.5 Å². The first kappa shape index (κ1) is 22.6. The zero-order chi connectivity index (χ0) is 23.2. The van der Waals surface area contributed by atoms with Gasteiger partial charge in [0, 0.05) is 24.1 Å². The highest BCUT2D eigenvalue weighted by Crippen LogP contribution is 2.24. The topological polar surface area (TPSA) is 93.3 Å². The summed E-state index contributed by atoms with van der Waals surface area (Å²) < 4.78 is 10.7. The molecular formula is C26H29N3O4. The predicted molar refractivity (Wildman–Crippen MR) is 126 cm³/mol. The summed E-state index contributed by atoms with van der Waals surface area (Å²) in [4.78, 5) is 24.9. The standard InChI is InChI=1S/C26H29N3O4/c1-32-20-10-11-24(33-2)18(16-20)12-13-27-25(30)19-7-5-6-17(14-19)15-23-21-8-3-4-9-22(21)26(31)29-28-23/h5-7,10-11,14,16H,3-4,8-9,12-13,15H2,1-2H3,(H,27,30)(H,29,31). The molecule has 2 N–H and O–H groups in total. The Hall–Kier alpha value is -3.61. The average molecular weight is 448 g/mol. The number of H-pyrrole nitrogens is 1. The van der Waals surface area contributed by atoms with Gasteiger partial charge in [-0.3, -0.25) is 9.59 Å². The molecular weight excluding hydrogens is 418 g/mol. The number of benzene rings is 2. The number of carbonyl (C=O) groups is 1. The second-order valence-corrected chi connectivity index (χ2v) is 8.22. The maximum atomic E-state index is 12.8. The van der Waals surface area contributed by atoms with Crippen LogP contribution in [0.4, 0.5) is 0 Å². The zero-order valence-electron chi connectivity index (χ0n) is 19.1. The molecule has 7 nitrogen and oxygen atoms in total. The van der Waals surface area contributed by atoms with Gasteiger partial charge in [-0.25, -0.2) is 5.10 Å². The van der Waals surface area contributed by atoms with E-state index in [1.807, 2.05) is 36.4 Å². The van der Waals surface area contributed by atoms with Crippen molar-refractivity contribution in [3.63, 3.8) is 0 Å². The molecule has 0 radical (unpaired) electrons. The summed E-state index contributed by atoms with van der Waals surface area (Å²) >= 11 is 0. The van der Waals surface area contributed by atoms with Crippen molar-refractivity contribution < 1.29 is 14.3 Å². The minimum absolute atomic E-state index is 0.0748. The van der Waals surface area contributed by atoms with Crippen LogP contribution in [0.5, 0.6) is 11.5 Å². The number of carbonyl (C=O) groups excluding carboxylic acids is 1. The van der Waals surface area contributed by atoms with Gasteiger partial charge < -0.3 is 14.8 Å². The fraction of sp³-hybridized carbons (Fsp3) is 0.346. The van der Waals surface area contributed by atoms with Gasteiger partial charge in [-0.2, -0.15) is 5.10 Å². The molecule has 0 saturated carbocycles. The maximum Gasteiger partial charge on any atom is 0.267 e. The van der Waals surface area contributed by atoms with Gasteiger partial charge in [-0.15, -0.1) is 0 Å². The minimum Gasteiger partial charge on any atom is -0.497 e. The third-order valence-corrected chi connectivity index (χ3v) is 6.11. The number of nitrogens with one attached hydrogen (secondary N) is 2. The van der Waals surface area contributed by atoms with Gasteiger partial charge in [0.2, 0.25) is 0 Å². The molecule has 0 atom stereocenters. The summed E-state index contributed by atoms with van der Waals surface area (Å²) in [7, 11) is 3.25. The summed E-state index contributed by atoms with van der Waals surface area (Å²) in [6.45, 7) is 0.474. The Morgan fingerprint density at radius 2 is 1.88 bits per heavy atom. The van der Waals surface area contributed by atoms with Crippen LogP contribution in [0.2, 0.25) is 0 Å². The van der Waals surface area contributed by atoms with Gasteiger partial charge in [-0.05, 0) is 79.1 Å². The molecule has 0 saturated heterocycles. The fourth-order valence-corrected chi connectivity index (χ4v) is 4.38. The van der Waals surface area contributed by atoms with E-state index in [0.717, 1.165) is 65.1 Å². The number of nitrogens with zero attached hydrogens (tertiary/aromatic N) is 1. The number of hydrogen-bond acceptors (Lipinski definition) is 5. The minimum atomic E-state index is -0.129. The van der Waals surface area contributed by atoms with E-state index in [1.165, 1.54) is 0 Å². The first-order valence-electron chi connectivity index (χ1n) is 11.3. The van der Waals surface area contributed by atoms with Crippen LogP contribution in [0.25, 0.3) is 0 Å². The number of amides is 1. The number of rotatable bonds is 8. The number of methoxy groups -OCH3 is 2. The lowest BCUT2D eigenvalue weighted by molar-refractivity contribution is 0.0954. The Bertz CT molecular complexity index is 1200. The van der Waals surface area contributed by atoms with Crippen LogP contribution in [-0.2, 0) is 25.7 Å².